The Morgan fingerprint density at radius 2 is 1.75 bits per heavy atom. The standard InChI is InChI=1S/C25H20Cl2N4O4S/c26-20-10-7-17(13-21(20)27)29-24(32)15-36-23-14-30(22-4-2-1-3-19(22)23)12-11-28-25(33)16-5-8-18(9-6-16)31(34)35/h1-10,13-14H,11-12,15H2,(H,28,33)(H,29,32). The number of amides is 2. The molecule has 0 fully saturated rings. The third-order valence-corrected chi connectivity index (χ3v) is 7.07. The average molecular weight is 543 g/mol. The predicted octanol–water partition coefficient (Wildman–Crippen LogP) is 6.02. The molecule has 0 aliphatic heterocycles. The number of para-hydroxylation sites is 1. The maximum atomic E-state index is 12.5. The van der Waals surface area contributed by atoms with Crippen molar-refractivity contribution in [1.29, 1.82) is 0 Å². The van der Waals surface area contributed by atoms with Crippen LogP contribution in [0.1, 0.15) is 10.4 Å². The number of nitrogens with zero attached hydrogens (tertiary/aromatic N) is 2. The van der Waals surface area contributed by atoms with Crippen molar-refractivity contribution in [1.82, 2.24) is 9.88 Å². The van der Waals surface area contributed by atoms with E-state index in [9.17, 15) is 19.7 Å². The van der Waals surface area contributed by atoms with E-state index in [2.05, 4.69) is 10.6 Å². The first kappa shape index (κ1) is 25.6. The Morgan fingerprint density at radius 1 is 1.00 bits per heavy atom. The number of nitro benzene ring substituents is 1. The monoisotopic (exact) mass is 542 g/mol. The number of non-ortho nitro benzene ring substituents is 1. The number of hydrogen-bond acceptors (Lipinski definition) is 5. The number of carbonyl (C=O) groups excluding carboxylic acids is 2. The van der Waals surface area contributed by atoms with Gasteiger partial charge in [0.15, 0.2) is 0 Å². The van der Waals surface area contributed by atoms with Gasteiger partial charge in [-0.2, -0.15) is 0 Å². The lowest BCUT2D eigenvalue weighted by Gasteiger charge is -2.07. The highest BCUT2D eigenvalue weighted by atomic mass is 35.5. The van der Waals surface area contributed by atoms with Gasteiger partial charge in [-0.1, -0.05) is 41.4 Å². The van der Waals surface area contributed by atoms with Crippen LogP contribution < -0.4 is 10.6 Å². The summed E-state index contributed by atoms with van der Waals surface area (Å²) in [5.41, 5.74) is 1.83. The van der Waals surface area contributed by atoms with Gasteiger partial charge in [-0.05, 0) is 36.4 Å². The van der Waals surface area contributed by atoms with E-state index in [4.69, 9.17) is 23.2 Å². The molecule has 0 unspecified atom stereocenters. The summed E-state index contributed by atoms with van der Waals surface area (Å²) >= 11 is 13.3. The summed E-state index contributed by atoms with van der Waals surface area (Å²) in [4.78, 5) is 36.1. The maximum absolute atomic E-state index is 12.5. The first-order valence-corrected chi connectivity index (χ1v) is 12.5. The summed E-state index contributed by atoms with van der Waals surface area (Å²) in [6, 6.07) is 18.2. The van der Waals surface area contributed by atoms with Gasteiger partial charge in [0, 0.05) is 58.5 Å². The molecule has 4 rings (SSSR count). The minimum atomic E-state index is -0.509. The summed E-state index contributed by atoms with van der Waals surface area (Å²) in [6.07, 6.45) is 1.96. The Kier molecular flexibility index (Phi) is 8.14. The summed E-state index contributed by atoms with van der Waals surface area (Å²) in [6.45, 7) is 0.867. The Morgan fingerprint density at radius 3 is 2.47 bits per heavy atom. The smallest absolute Gasteiger partial charge is 0.269 e. The van der Waals surface area contributed by atoms with Crippen molar-refractivity contribution in [3.05, 3.63) is 98.6 Å². The number of benzene rings is 3. The van der Waals surface area contributed by atoms with Gasteiger partial charge in [0.1, 0.15) is 0 Å². The van der Waals surface area contributed by atoms with E-state index in [0.29, 0.717) is 34.4 Å². The Balaban J connectivity index is 1.37. The number of anilines is 1. The normalized spacial score (nSPS) is 10.8. The van der Waals surface area contributed by atoms with Crippen molar-refractivity contribution in [2.45, 2.75) is 11.4 Å². The molecule has 2 amide bonds. The molecule has 184 valence electrons. The highest BCUT2D eigenvalue weighted by molar-refractivity contribution is 8.00. The van der Waals surface area contributed by atoms with Crippen LogP contribution in [0.2, 0.25) is 10.0 Å². The van der Waals surface area contributed by atoms with Gasteiger partial charge in [0.25, 0.3) is 11.6 Å². The van der Waals surface area contributed by atoms with Gasteiger partial charge >= 0.3 is 0 Å². The van der Waals surface area contributed by atoms with E-state index in [1.165, 1.54) is 36.0 Å². The summed E-state index contributed by atoms with van der Waals surface area (Å²) in [5, 5.41) is 18.2. The molecule has 0 aliphatic carbocycles. The van der Waals surface area contributed by atoms with Crippen molar-refractivity contribution in [3.8, 4) is 0 Å². The van der Waals surface area contributed by atoms with Gasteiger partial charge in [-0.3, -0.25) is 19.7 Å². The fourth-order valence-electron chi connectivity index (χ4n) is 3.55. The third-order valence-electron chi connectivity index (χ3n) is 5.29. The second-order valence-corrected chi connectivity index (χ2v) is 9.56. The SMILES string of the molecule is O=C(CSc1cn(CCNC(=O)c2ccc([N+](=O)[O-])cc2)c2ccccc12)Nc1ccc(Cl)c(Cl)c1. The number of aromatic nitrogens is 1. The molecule has 0 saturated heterocycles. The van der Waals surface area contributed by atoms with Gasteiger partial charge in [-0.15, -0.1) is 11.8 Å². The average Bonchev–Trinajstić information content (AvgIpc) is 3.22. The molecule has 1 heterocycles. The summed E-state index contributed by atoms with van der Waals surface area (Å²) in [5.74, 6) is -0.286. The van der Waals surface area contributed by atoms with Crippen molar-refractivity contribution in [2.75, 3.05) is 17.6 Å². The van der Waals surface area contributed by atoms with E-state index < -0.39 is 4.92 Å². The van der Waals surface area contributed by atoms with Crippen LogP contribution in [0.25, 0.3) is 10.9 Å². The van der Waals surface area contributed by atoms with Gasteiger partial charge in [-0.25, -0.2) is 0 Å². The van der Waals surface area contributed by atoms with Crippen molar-refractivity contribution in [3.63, 3.8) is 0 Å². The van der Waals surface area contributed by atoms with Gasteiger partial charge in [0.05, 0.1) is 20.7 Å². The molecule has 8 nitrogen and oxygen atoms in total. The molecule has 0 spiro atoms. The zero-order valence-electron chi connectivity index (χ0n) is 18.7. The maximum Gasteiger partial charge on any atom is 0.269 e. The predicted molar refractivity (Wildman–Crippen MR) is 143 cm³/mol. The first-order valence-electron chi connectivity index (χ1n) is 10.8. The van der Waals surface area contributed by atoms with Crippen LogP contribution in [0.15, 0.2) is 77.8 Å². The molecule has 11 heteroatoms. The zero-order valence-corrected chi connectivity index (χ0v) is 21.1. The van der Waals surface area contributed by atoms with Crippen LogP contribution in [0.3, 0.4) is 0 Å². The number of fused-ring (bicyclic) bond motifs is 1. The van der Waals surface area contributed by atoms with Crippen molar-refractivity contribution < 1.29 is 14.5 Å². The number of hydrogen-bond donors (Lipinski definition) is 2. The number of nitro groups is 1. The number of halogens is 2. The van der Waals surface area contributed by atoms with Gasteiger partial charge < -0.3 is 15.2 Å². The number of nitrogens with one attached hydrogen (secondary N) is 2. The van der Waals surface area contributed by atoms with Crippen LogP contribution in [0.5, 0.6) is 0 Å². The molecule has 2 N–H and O–H groups in total. The molecular weight excluding hydrogens is 523 g/mol. The highest BCUT2D eigenvalue weighted by Gasteiger charge is 2.13. The molecule has 1 aromatic heterocycles. The molecule has 0 saturated carbocycles. The van der Waals surface area contributed by atoms with E-state index in [0.717, 1.165) is 15.8 Å². The van der Waals surface area contributed by atoms with Crippen molar-refractivity contribution in [2.24, 2.45) is 0 Å². The van der Waals surface area contributed by atoms with Crippen LogP contribution in [-0.2, 0) is 11.3 Å². The number of carbonyl (C=O) groups is 2. The van der Waals surface area contributed by atoms with Crippen LogP contribution in [0.4, 0.5) is 11.4 Å². The number of thioether (sulfide) groups is 1. The molecule has 36 heavy (non-hydrogen) atoms. The van der Waals surface area contributed by atoms with E-state index in [-0.39, 0.29) is 23.3 Å². The molecule has 4 aromatic rings. The lowest BCUT2D eigenvalue weighted by Crippen LogP contribution is -2.27. The Hall–Kier alpha value is -3.53. The second-order valence-electron chi connectivity index (χ2n) is 7.73. The topological polar surface area (TPSA) is 106 Å². The molecule has 0 bridgehead atoms. The molecule has 0 radical (unpaired) electrons. The van der Waals surface area contributed by atoms with E-state index in [1.54, 1.807) is 18.2 Å². The zero-order chi connectivity index (χ0) is 25.7. The van der Waals surface area contributed by atoms with Crippen LogP contribution in [0, 0.1) is 10.1 Å². The fraction of sp³-hybridized carbons (Fsp3) is 0.120. The largest absolute Gasteiger partial charge is 0.350 e. The fourth-order valence-corrected chi connectivity index (χ4v) is 4.74. The van der Waals surface area contributed by atoms with Crippen molar-refractivity contribution >= 4 is 69.1 Å². The minimum absolute atomic E-state index is 0.0685. The van der Waals surface area contributed by atoms with E-state index in [1.807, 2.05) is 35.0 Å². The second kappa shape index (κ2) is 11.5. The van der Waals surface area contributed by atoms with E-state index >= 15 is 0 Å². The summed E-state index contributed by atoms with van der Waals surface area (Å²) in [7, 11) is 0. The molecule has 0 aliphatic rings. The van der Waals surface area contributed by atoms with Crippen LogP contribution in [-0.4, -0.2) is 33.6 Å². The minimum Gasteiger partial charge on any atom is -0.350 e. The third kappa shape index (κ3) is 6.17. The van der Waals surface area contributed by atoms with Gasteiger partial charge in [0.2, 0.25) is 5.91 Å². The molecular formula is C25H20Cl2N4O4S. The lowest BCUT2D eigenvalue weighted by molar-refractivity contribution is -0.384. The molecule has 0 atom stereocenters. The highest BCUT2D eigenvalue weighted by Crippen LogP contribution is 2.30. The number of rotatable bonds is 9. The quantitative estimate of drug-likeness (QED) is 0.153. The first-order chi connectivity index (χ1) is 17.3. The molecule has 3 aromatic carbocycles. The van der Waals surface area contributed by atoms with Crippen LogP contribution >= 0.6 is 35.0 Å². The lowest BCUT2D eigenvalue weighted by atomic mass is 10.2. The Labute approximate surface area is 220 Å². The summed E-state index contributed by atoms with van der Waals surface area (Å²) < 4.78 is 2.02. The Bertz CT molecular complexity index is 1440.